The number of hydrogen-bond acceptors (Lipinski definition) is 3. The van der Waals surface area contributed by atoms with Crippen LogP contribution in [0.25, 0.3) is 0 Å². The van der Waals surface area contributed by atoms with Gasteiger partial charge in [0.15, 0.2) is 6.61 Å². The first-order chi connectivity index (χ1) is 10.0. The molecule has 21 heavy (non-hydrogen) atoms. The van der Waals surface area contributed by atoms with E-state index in [0.717, 1.165) is 6.42 Å². The second-order valence-electron chi connectivity index (χ2n) is 4.83. The van der Waals surface area contributed by atoms with E-state index in [4.69, 9.17) is 27.9 Å². The van der Waals surface area contributed by atoms with E-state index >= 15 is 0 Å². The summed E-state index contributed by atoms with van der Waals surface area (Å²) in [5.41, 5.74) is 1.69. The minimum absolute atomic E-state index is 0.0462. The van der Waals surface area contributed by atoms with Crippen molar-refractivity contribution >= 4 is 40.3 Å². The van der Waals surface area contributed by atoms with Crippen LogP contribution in [0.15, 0.2) is 30.3 Å². The molecule has 0 saturated carbocycles. The Balaban J connectivity index is 1.97. The number of halogens is 2. The number of carbonyl (C=O) groups is 1. The highest BCUT2D eigenvalue weighted by Crippen LogP contribution is 2.31. The fourth-order valence-corrected chi connectivity index (χ4v) is 3.38. The second kappa shape index (κ2) is 7.30. The number of thiophene rings is 1. The minimum atomic E-state index is -0.172. The third-order valence-corrected chi connectivity index (χ3v) is 4.88. The van der Waals surface area contributed by atoms with Gasteiger partial charge >= 0.3 is 0 Å². The average molecular weight is 343 g/mol. The average Bonchev–Trinajstić information content (AvgIpc) is 2.83. The maximum absolute atomic E-state index is 12.0. The normalized spacial score (nSPS) is 12.2. The Labute approximate surface area is 138 Å². The van der Waals surface area contributed by atoms with Crippen LogP contribution >= 0.6 is 34.5 Å². The molecular formula is C16H16Cl2O2S. The summed E-state index contributed by atoms with van der Waals surface area (Å²) in [7, 11) is 0. The molecule has 0 aliphatic carbocycles. The van der Waals surface area contributed by atoms with E-state index < -0.39 is 0 Å². The lowest BCUT2D eigenvalue weighted by molar-refractivity contribution is 0.0922. The molecule has 0 N–H and O–H groups in total. The van der Waals surface area contributed by atoms with Crippen molar-refractivity contribution in [2.45, 2.75) is 26.2 Å². The molecule has 1 heterocycles. The minimum Gasteiger partial charge on any atom is -0.485 e. The van der Waals surface area contributed by atoms with E-state index in [1.807, 2.05) is 24.3 Å². The Morgan fingerprint density at radius 1 is 1.29 bits per heavy atom. The van der Waals surface area contributed by atoms with Crippen molar-refractivity contribution in [1.82, 2.24) is 0 Å². The van der Waals surface area contributed by atoms with Crippen LogP contribution in [0.2, 0.25) is 8.67 Å². The van der Waals surface area contributed by atoms with Gasteiger partial charge in [0.1, 0.15) is 10.1 Å². The Bertz CT molecular complexity index is 620. The van der Waals surface area contributed by atoms with Crippen LogP contribution in [0.3, 0.4) is 0 Å². The van der Waals surface area contributed by atoms with Gasteiger partial charge in [-0.05, 0) is 36.1 Å². The predicted octanol–water partition coefficient (Wildman–Crippen LogP) is 5.83. The number of Topliss-reactive ketones (excluding diaryl/α,β-unsaturated/α-hetero) is 1. The van der Waals surface area contributed by atoms with Crippen LogP contribution in [-0.4, -0.2) is 12.4 Å². The predicted molar refractivity (Wildman–Crippen MR) is 89.3 cm³/mol. The molecule has 0 amide bonds. The molecule has 0 spiro atoms. The van der Waals surface area contributed by atoms with Gasteiger partial charge in [0.2, 0.25) is 5.78 Å². The van der Waals surface area contributed by atoms with Crippen molar-refractivity contribution < 1.29 is 9.53 Å². The molecule has 0 bridgehead atoms. The van der Waals surface area contributed by atoms with Crippen LogP contribution in [0.4, 0.5) is 0 Å². The molecule has 1 aromatic carbocycles. The zero-order valence-electron chi connectivity index (χ0n) is 11.9. The third kappa shape index (κ3) is 4.22. The third-order valence-electron chi connectivity index (χ3n) is 3.39. The van der Waals surface area contributed by atoms with Crippen molar-refractivity contribution in [2.24, 2.45) is 0 Å². The first-order valence-electron chi connectivity index (χ1n) is 6.72. The Morgan fingerprint density at radius 2 is 1.95 bits per heavy atom. The van der Waals surface area contributed by atoms with Gasteiger partial charge in [-0.3, -0.25) is 4.79 Å². The molecule has 2 nitrogen and oxygen atoms in total. The van der Waals surface area contributed by atoms with Crippen LogP contribution < -0.4 is 4.74 Å². The summed E-state index contributed by atoms with van der Waals surface area (Å²) < 4.78 is 6.41. The van der Waals surface area contributed by atoms with Gasteiger partial charge in [-0.25, -0.2) is 0 Å². The lowest BCUT2D eigenvalue weighted by Gasteiger charge is -2.10. The molecule has 0 fully saturated rings. The monoisotopic (exact) mass is 342 g/mol. The van der Waals surface area contributed by atoms with Crippen LogP contribution in [-0.2, 0) is 0 Å². The zero-order chi connectivity index (χ0) is 15.4. The van der Waals surface area contributed by atoms with Gasteiger partial charge in [0.25, 0.3) is 0 Å². The van der Waals surface area contributed by atoms with Crippen molar-refractivity contribution in [3.63, 3.8) is 0 Å². The van der Waals surface area contributed by atoms with Gasteiger partial charge in [-0.15, -0.1) is 11.3 Å². The summed E-state index contributed by atoms with van der Waals surface area (Å²) >= 11 is 13.0. The number of carbonyl (C=O) groups excluding carboxylic acids is 1. The number of hydrogen-bond donors (Lipinski definition) is 0. The second-order valence-corrected chi connectivity index (χ2v) is 7.11. The summed E-state index contributed by atoms with van der Waals surface area (Å²) in [6, 6.07) is 9.41. The number of rotatable bonds is 6. The van der Waals surface area contributed by atoms with Crippen LogP contribution in [0.5, 0.6) is 5.75 Å². The van der Waals surface area contributed by atoms with E-state index in [2.05, 4.69) is 13.8 Å². The molecule has 0 saturated heterocycles. The fraction of sp³-hybridized carbons (Fsp3) is 0.312. The van der Waals surface area contributed by atoms with E-state index in [1.165, 1.54) is 16.9 Å². The molecule has 5 heteroatoms. The van der Waals surface area contributed by atoms with Crippen LogP contribution in [0.1, 0.15) is 42.1 Å². The largest absolute Gasteiger partial charge is 0.485 e. The summed E-state index contributed by atoms with van der Waals surface area (Å²) in [6.07, 6.45) is 1.09. The van der Waals surface area contributed by atoms with Gasteiger partial charge in [-0.1, -0.05) is 49.2 Å². The summed E-state index contributed by atoms with van der Waals surface area (Å²) in [5, 5.41) is 0. The number of benzene rings is 1. The first-order valence-corrected chi connectivity index (χ1v) is 8.29. The summed E-state index contributed by atoms with van der Waals surface area (Å²) in [6.45, 7) is 4.29. The molecule has 1 aromatic heterocycles. The summed E-state index contributed by atoms with van der Waals surface area (Å²) in [5.74, 6) is 1.02. The maximum atomic E-state index is 12.0. The van der Waals surface area contributed by atoms with Crippen molar-refractivity contribution in [2.75, 3.05) is 6.61 Å². The molecule has 1 unspecified atom stereocenters. The van der Waals surface area contributed by atoms with Crippen molar-refractivity contribution in [3.8, 4) is 5.75 Å². The topological polar surface area (TPSA) is 26.3 Å². The number of ether oxygens (including phenoxy) is 1. The van der Waals surface area contributed by atoms with Gasteiger partial charge in [0.05, 0.1) is 9.90 Å². The Kier molecular flexibility index (Phi) is 5.68. The lowest BCUT2D eigenvalue weighted by atomic mass is 9.99. The van der Waals surface area contributed by atoms with Crippen molar-refractivity contribution in [3.05, 3.63) is 50.1 Å². The standard InChI is InChI=1S/C16H16Cl2O2S/c1-3-10(2)11-4-6-12(7-5-11)20-9-14(19)13-8-15(17)21-16(13)18/h4-8,10H,3,9H2,1-2H3. The Morgan fingerprint density at radius 3 is 2.48 bits per heavy atom. The molecular weight excluding hydrogens is 327 g/mol. The zero-order valence-corrected chi connectivity index (χ0v) is 14.2. The van der Waals surface area contributed by atoms with E-state index in [-0.39, 0.29) is 12.4 Å². The van der Waals surface area contributed by atoms with Crippen LogP contribution in [0, 0.1) is 0 Å². The molecule has 0 aliphatic heterocycles. The highest BCUT2D eigenvalue weighted by Gasteiger charge is 2.15. The summed E-state index contributed by atoms with van der Waals surface area (Å²) in [4.78, 5) is 12.0. The van der Waals surface area contributed by atoms with E-state index in [1.54, 1.807) is 6.07 Å². The number of ketones is 1. The Hall–Kier alpha value is -1.03. The van der Waals surface area contributed by atoms with Gasteiger partial charge in [0, 0.05) is 0 Å². The first kappa shape index (κ1) is 16.3. The smallest absolute Gasteiger partial charge is 0.202 e. The van der Waals surface area contributed by atoms with Gasteiger partial charge < -0.3 is 4.74 Å². The molecule has 2 rings (SSSR count). The van der Waals surface area contributed by atoms with Gasteiger partial charge in [-0.2, -0.15) is 0 Å². The maximum Gasteiger partial charge on any atom is 0.202 e. The van der Waals surface area contributed by atoms with Crippen molar-refractivity contribution in [1.29, 1.82) is 0 Å². The lowest BCUT2D eigenvalue weighted by Crippen LogP contribution is -2.11. The quantitative estimate of drug-likeness (QED) is 0.617. The highest BCUT2D eigenvalue weighted by atomic mass is 35.5. The molecule has 112 valence electrons. The van der Waals surface area contributed by atoms with E-state index in [0.29, 0.717) is 25.9 Å². The SMILES string of the molecule is CCC(C)c1ccc(OCC(=O)c2cc(Cl)sc2Cl)cc1. The molecule has 2 aromatic rings. The highest BCUT2D eigenvalue weighted by molar-refractivity contribution is 7.20. The molecule has 1 atom stereocenters. The fourth-order valence-electron chi connectivity index (χ4n) is 1.89. The molecule has 0 radical (unpaired) electrons. The van der Waals surface area contributed by atoms with E-state index in [9.17, 15) is 4.79 Å². The molecule has 0 aliphatic rings.